The van der Waals surface area contributed by atoms with Gasteiger partial charge in [0.05, 0.1) is 0 Å². The molecule has 2 nitrogen and oxygen atoms in total. The average Bonchev–Trinajstić information content (AvgIpc) is 3.71. The molecule has 0 fully saturated rings. The Labute approximate surface area is 339 Å². The fourth-order valence-corrected chi connectivity index (χ4v) is 7.97. The zero-order chi connectivity index (χ0) is 38.7. The first kappa shape index (κ1) is 34.8. The highest BCUT2D eigenvalue weighted by Gasteiger charge is 2.20. The van der Waals surface area contributed by atoms with Gasteiger partial charge in [0.1, 0.15) is 11.3 Å². The number of nitrogens with zero attached hydrogens (tertiary/aromatic N) is 1. The van der Waals surface area contributed by atoms with Crippen molar-refractivity contribution in [3.05, 3.63) is 237 Å². The number of furan rings is 1. The van der Waals surface area contributed by atoms with Gasteiger partial charge in [-0.3, -0.25) is 0 Å². The molecule has 1 heterocycles. The number of para-hydroxylation sites is 1. The van der Waals surface area contributed by atoms with Crippen LogP contribution in [0.25, 0.3) is 77.9 Å². The molecule has 0 aliphatic carbocycles. The molecule has 0 amide bonds. The van der Waals surface area contributed by atoms with Crippen LogP contribution in [0.2, 0.25) is 0 Å². The molecule has 0 saturated carbocycles. The summed E-state index contributed by atoms with van der Waals surface area (Å²) in [6, 6.07) is 84.0. The summed E-state index contributed by atoms with van der Waals surface area (Å²) in [5.74, 6) is 0.858. The normalized spacial score (nSPS) is 11.1. The van der Waals surface area contributed by atoms with Crippen molar-refractivity contribution in [3.8, 4) is 67.0 Å². The maximum Gasteiger partial charge on any atom is 0.143 e. The van der Waals surface area contributed by atoms with Crippen molar-refractivity contribution in [3.63, 3.8) is 0 Å². The molecule has 10 aromatic rings. The van der Waals surface area contributed by atoms with E-state index in [2.05, 4.69) is 235 Å². The van der Waals surface area contributed by atoms with Crippen molar-refractivity contribution < 1.29 is 4.42 Å². The van der Waals surface area contributed by atoms with Gasteiger partial charge in [0.15, 0.2) is 0 Å². The first-order valence-corrected chi connectivity index (χ1v) is 19.7. The molecule has 0 spiro atoms. The third-order valence-electron chi connectivity index (χ3n) is 10.9. The maximum atomic E-state index is 6.67. The smallest absolute Gasteiger partial charge is 0.143 e. The van der Waals surface area contributed by atoms with Gasteiger partial charge in [-0.2, -0.15) is 0 Å². The Bertz CT molecular complexity index is 2950. The zero-order valence-corrected chi connectivity index (χ0v) is 31.9. The molecule has 0 radical (unpaired) electrons. The molecule has 9 aromatic carbocycles. The van der Waals surface area contributed by atoms with E-state index in [4.69, 9.17) is 4.42 Å². The van der Waals surface area contributed by atoms with Crippen molar-refractivity contribution in [2.24, 2.45) is 0 Å². The topological polar surface area (TPSA) is 16.4 Å². The Kier molecular flexibility index (Phi) is 9.27. The lowest BCUT2D eigenvalue weighted by Gasteiger charge is -2.26. The fourth-order valence-electron chi connectivity index (χ4n) is 7.97. The van der Waals surface area contributed by atoms with Gasteiger partial charge in [-0.25, -0.2) is 0 Å². The van der Waals surface area contributed by atoms with Crippen LogP contribution in [0.5, 0.6) is 0 Å². The van der Waals surface area contributed by atoms with E-state index in [0.29, 0.717) is 0 Å². The SMILES string of the molecule is c1ccc(-c2ccc(-c3ccc(N(c4ccc(-c5cccc(-c6ccccc6)c5)cc4)c4cccc(-c5oc6ccccc6c5-c5ccccc5)c4)cc3)cc2)cc1. The third-order valence-corrected chi connectivity index (χ3v) is 10.9. The quantitative estimate of drug-likeness (QED) is 0.146. The molecule has 58 heavy (non-hydrogen) atoms. The molecule has 0 unspecified atom stereocenters. The van der Waals surface area contributed by atoms with Gasteiger partial charge >= 0.3 is 0 Å². The van der Waals surface area contributed by atoms with Gasteiger partial charge in [0, 0.05) is 33.6 Å². The Morgan fingerprint density at radius 1 is 0.259 bits per heavy atom. The van der Waals surface area contributed by atoms with E-state index in [0.717, 1.165) is 50.5 Å². The molecule has 0 aliphatic rings. The summed E-state index contributed by atoms with van der Waals surface area (Å²) in [6.07, 6.45) is 0. The predicted molar refractivity (Wildman–Crippen MR) is 244 cm³/mol. The van der Waals surface area contributed by atoms with Crippen LogP contribution in [0, 0.1) is 0 Å². The lowest BCUT2D eigenvalue weighted by atomic mass is 9.98. The second-order valence-electron chi connectivity index (χ2n) is 14.5. The second kappa shape index (κ2) is 15.5. The molecule has 0 bridgehead atoms. The molecule has 1 aromatic heterocycles. The third kappa shape index (κ3) is 6.89. The lowest BCUT2D eigenvalue weighted by Crippen LogP contribution is -2.10. The largest absolute Gasteiger partial charge is 0.455 e. The highest BCUT2D eigenvalue weighted by atomic mass is 16.3. The summed E-state index contributed by atoms with van der Waals surface area (Å²) >= 11 is 0. The first-order valence-electron chi connectivity index (χ1n) is 19.7. The van der Waals surface area contributed by atoms with Crippen molar-refractivity contribution in [1.29, 1.82) is 0 Å². The van der Waals surface area contributed by atoms with E-state index in [1.54, 1.807) is 0 Å². The highest BCUT2D eigenvalue weighted by molar-refractivity contribution is 6.02. The lowest BCUT2D eigenvalue weighted by molar-refractivity contribution is 0.632. The Balaban J connectivity index is 1.05. The summed E-state index contributed by atoms with van der Waals surface area (Å²) < 4.78 is 6.67. The number of fused-ring (bicyclic) bond motifs is 1. The summed E-state index contributed by atoms with van der Waals surface area (Å²) in [6.45, 7) is 0. The average molecular weight is 742 g/mol. The van der Waals surface area contributed by atoms with Crippen LogP contribution in [-0.4, -0.2) is 0 Å². The molecular weight excluding hydrogens is 703 g/mol. The number of benzene rings is 9. The number of hydrogen-bond donors (Lipinski definition) is 0. The molecular formula is C56H39NO. The first-order chi connectivity index (χ1) is 28.7. The standard InChI is InChI=1S/C56H39NO/c1-4-14-40(15-5-1)42-26-28-43(29-27-42)44-30-34-50(35-31-44)57(51-36-32-45(33-37-51)48-21-12-20-47(38-48)41-16-6-2-7-17-41)52-23-13-22-49(39-52)56-55(46-18-8-3-9-19-46)53-24-10-11-25-54(53)58-56/h1-39H. The Hall–Kier alpha value is -7.68. The van der Waals surface area contributed by atoms with Crippen LogP contribution in [0.3, 0.4) is 0 Å². The summed E-state index contributed by atoms with van der Waals surface area (Å²) in [7, 11) is 0. The summed E-state index contributed by atoms with van der Waals surface area (Å²) in [5.41, 5.74) is 16.8. The number of hydrogen-bond acceptors (Lipinski definition) is 2. The van der Waals surface area contributed by atoms with E-state index >= 15 is 0 Å². The van der Waals surface area contributed by atoms with Gasteiger partial charge in [0.2, 0.25) is 0 Å². The van der Waals surface area contributed by atoms with Gasteiger partial charge < -0.3 is 9.32 Å². The molecule has 0 saturated heterocycles. The molecule has 0 N–H and O–H groups in total. The van der Waals surface area contributed by atoms with Crippen LogP contribution in [0.4, 0.5) is 17.1 Å². The molecule has 0 aliphatic heterocycles. The van der Waals surface area contributed by atoms with E-state index < -0.39 is 0 Å². The van der Waals surface area contributed by atoms with Gasteiger partial charge in [-0.05, 0) is 98.6 Å². The molecule has 2 heteroatoms. The van der Waals surface area contributed by atoms with Crippen LogP contribution >= 0.6 is 0 Å². The second-order valence-corrected chi connectivity index (χ2v) is 14.5. The van der Waals surface area contributed by atoms with Crippen molar-refractivity contribution in [2.45, 2.75) is 0 Å². The summed E-state index contributed by atoms with van der Waals surface area (Å²) in [4.78, 5) is 2.33. The fraction of sp³-hybridized carbons (Fsp3) is 0. The zero-order valence-electron chi connectivity index (χ0n) is 31.9. The minimum Gasteiger partial charge on any atom is -0.455 e. The van der Waals surface area contributed by atoms with Crippen molar-refractivity contribution in [2.75, 3.05) is 4.90 Å². The van der Waals surface area contributed by atoms with Crippen molar-refractivity contribution in [1.82, 2.24) is 0 Å². The van der Waals surface area contributed by atoms with Gasteiger partial charge in [-0.15, -0.1) is 0 Å². The molecule has 10 rings (SSSR count). The summed E-state index contributed by atoms with van der Waals surface area (Å²) in [5, 5.41) is 1.10. The predicted octanol–water partition coefficient (Wildman–Crippen LogP) is 15.9. The van der Waals surface area contributed by atoms with E-state index in [-0.39, 0.29) is 0 Å². The maximum absolute atomic E-state index is 6.67. The Morgan fingerprint density at radius 3 is 1.22 bits per heavy atom. The number of anilines is 3. The van der Waals surface area contributed by atoms with Crippen LogP contribution < -0.4 is 4.90 Å². The monoisotopic (exact) mass is 741 g/mol. The molecule has 0 atom stereocenters. The highest BCUT2D eigenvalue weighted by Crippen LogP contribution is 2.44. The van der Waals surface area contributed by atoms with E-state index in [1.807, 2.05) is 6.07 Å². The number of rotatable bonds is 9. The minimum absolute atomic E-state index is 0.858. The van der Waals surface area contributed by atoms with E-state index in [9.17, 15) is 0 Å². The van der Waals surface area contributed by atoms with Crippen LogP contribution in [-0.2, 0) is 0 Å². The van der Waals surface area contributed by atoms with Crippen molar-refractivity contribution >= 4 is 28.0 Å². The van der Waals surface area contributed by atoms with Gasteiger partial charge in [0.25, 0.3) is 0 Å². The van der Waals surface area contributed by atoms with E-state index in [1.165, 1.54) is 44.5 Å². The molecule has 274 valence electrons. The van der Waals surface area contributed by atoms with Crippen LogP contribution in [0.1, 0.15) is 0 Å². The van der Waals surface area contributed by atoms with Gasteiger partial charge in [-0.1, -0.05) is 188 Å². The van der Waals surface area contributed by atoms with Crippen LogP contribution in [0.15, 0.2) is 241 Å². The minimum atomic E-state index is 0.858. The Morgan fingerprint density at radius 2 is 0.655 bits per heavy atom.